The molecular weight excluding hydrogens is 428 g/mol. The van der Waals surface area contributed by atoms with E-state index in [0.29, 0.717) is 29.1 Å². The molecule has 0 spiro atoms. The second-order valence-corrected chi connectivity index (χ2v) is 9.53. The molecule has 0 bridgehead atoms. The minimum Gasteiger partial charge on any atom is -0.398 e. The lowest BCUT2D eigenvalue weighted by molar-refractivity contribution is -0.115. The standard InChI is InChI=1S/C27H32N4OS/c1-19-8-4-5-9-20(19)17-26(32)30-22-12-13-25(28)24(18-22)27(29)21-10-6-11-23(16-21)33-15-7-14-31(2)3/h4-6,8-13,16,18,29H,7,14-15,17,28H2,1-3H3,(H,30,32). The van der Waals surface area contributed by atoms with Crippen LogP contribution in [-0.2, 0) is 11.2 Å². The van der Waals surface area contributed by atoms with Gasteiger partial charge in [-0.25, -0.2) is 0 Å². The van der Waals surface area contributed by atoms with Crippen molar-refractivity contribution >= 4 is 34.8 Å². The first-order valence-corrected chi connectivity index (χ1v) is 12.0. The largest absolute Gasteiger partial charge is 0.398 e. The molecule has 4 N–H and O–H groups in total. The third-order valence-electron chi connectivity index (χ3n) is 5.36. The van der Waals surface area contributed by atoms with Crippen LogP contribution in [-0.4, -0.2) is 42.9 Å². The summed E-state index contributed by atoms with van der Waals surface area (Å²) in [5.41, 5.74) is 11.2. The molecule has 0 atom stereocenters. The quantitative estimate of drug-likeness (QED) is 0.168. The minimum absolute atomic E-state index is 0.0947. The maximum absolute atomic E-state index is 12.6. The van der Waals surface area contributed by atoms with Crippen LogP contribution in [0.2, 0.25) is 0 Å². The second kappa shape index (κ2) is 11.7. The Bertz CT molecular complexity index is 1130. The summed E-state index contributed by atoms with van der Waals surface area (Å²) < 4.78 is 0. The Morgan fingerprint density at radius 2 is 1.85 bits per heavy atom. The molecule has 0 fully saturated rings. The fraction of sp³-hybridized carbons (Fsp3) is 0.259. The molecule has 3 rings (SSSR count). The highest BCUT2D eigenvalue weighted by molar-refractivity contribution is 7.99. The molecule has 0 saturated carbocycles. The van der Waals surface area contributed by atoms with Crippen LogP contribution in [0.1, 0.15) is 28.7 Å². The number of thioether (sulfide) groups is 1. The van der Waals surface area contributed by atoms with Gasteiger partial charge in [0.05, 0.1) is 12.1 Å². The molecule has 5 nitrogen and oxygen atoms in total. The molecule has 0 aliphatic rings. The van der Waals surface area contributed by atoms with Gasteiger partial charge in [-0.3, -0.25) is 10.2 Å². The SMILES string of the molecule is Cc1ccccc1CC(=O)Nc1ccc(N)c(C(=N)c2cccc(SCCCN(C)C)c2)c1. The average Bonchev–Trinajstić information content (AvgIpc) is 2.79. The molecule has 0 heterocycles. The van der Waals surface area contributed by atoms with Crippen molar-refractivity contribution in [3.8, 4) is 0 Å². The highest BCUT2D eigenvalue weighted by Crippen LogP contribution is 2.25. The van der Waals surface area contributed by atoms with Crippen molar-refractivity contribution in [1.82, 2.24) is 4.90 Å². The van der Waals surface area contributed by atoms with Gasteiger partial charge in [-0.2, -0.15) is 0 Å². The third-order valence-corrected chi connectivity index (χ3v) is 6.44. The van der Waals surface area contributed by atoms with Gasteiger partial charge in [0.15, 0.2) is 0 Å². The summed E-state index contributed by atoms with van der Waals surface area (Å²) in [6.45, 7) is 3.06. The zero-order valence-corrected chi connectivity index (χ0v) is 20.3. The van der Waals surface area contributed by atoms with Crippen molar-refractivity contribution in [2.24, 2.45) is 0 Å². The first kappa shape index (κ1) is 24.6. The fourth-order valence-corrected chi connectivity index (χ4v) is 4.40. The number of nitrogens with two attached hydrogens (primary N) is 1. The van der Waals surface area contributed by atoms with Gasteiger partial charge in [-0.1, -0.05) is 36.4 Å². The van der Waals surface area contributed by atoms with Crippen LogP contribution < -0.4 is 11.1 Å². The number of anilines is 2. The molecule has 3 aromatic carbocycles. The summed E-state index contributed by atoms with van der Waals surface area (Å²) in [6, 6.07) is 21.2. The molecule has 0 saturated heterocycles. The van der Waals surface area contributed by atoms with Gasteiger partial charge >= 0.3 is 0 Å². The average molecular weight is 461 g/mol. The van der Waals surface area contributed by atoms with Gasteiger partial charge in [0, 0.05) is 27.4 Å². The van der Waals surface area contributed by atoms with E-state index in [-0.39, 0.29) is 5.91 Å². The summed E-state index contributed by atoms with van der Waals surface area (Å²) in [4.78, 5) is 15.9. The number of hydrogen-bond donors (Lipinski definition) is 3. The van der Waals surface area contributed by atoms with Crippen molar-refractivity contribution in [2.45, 2.75) is 24.7 Å². The molecule has 0 unspecified atom stereocenters. The van der Waals surface area contributed by atoms with Gasteiger partial charge in [0.1, 0.15) is 0 Å². The van der Waals surface area contributed by atoms with Crippen LogP contribution >= 0.6 is 11.8 Å². The van der Waals surface area contributed by atoms with Crippen molar-refractivity contribution in [3.05, 3.63) is 89.0 Å². The van der Waals surface area contributed by atoms with E-state index in [1.54, 1.807) is 30.0 Å². The number of nitrogen functional groups attached to an aromatic ring is 1. The second-order valence-electron chi connectivity index (χ2n) is 8.36. The van der Waals surface area contributed by atoms with Crippen molar-refractivity contribution in [2.75, 3.05) is 37.4 Å². The Morgan fingerprint density at radius 1 is 1.06 bits per heavy atom. The number of nitrogens with one attached hydrogen (secondary N) is 2. The van der Waals surface area contributed by atoms with Crippen LogP contribution in [0, 0.1) is 12.3 Å². The van der Waals surface area contributed by atoms with Crippen LogP contribution in [0.5, 0.6) is 0 Å². The molecule has 1 amide bonds. The van der Waals surface area contributed by atoms with Gasteiger partial charge in [-0.15, -0.1) is 11.8 Å². The first-order chi connectivity index (χ1) is 15.8. The zero-order valence-electron chi connectivity index (χ0n) is 19.5. The molecule has 6 heteroatoms. The maximum Gasteiger partial charge on any atom is 0.228 e. The van der Waals surface area contributed by atoms with E-state index in [2.05, 4.69) is 30.4 Å². The van der Waals surface area contributed by atoms with E-state index in [1.807, 2.05) is 49.4 Å². The van der Waals surface area contributed by atoms with Gasteiger partial charge in [-0.05, 0) is 81.2 Å². The number of rotatable bonds is 10. The molecule has 33 heavy (non-hydrogen) atoms. The zero-order chi connectivity index (χ0) is 23.8. The maximum atomic E-state index is 12.6. The van der Waals surface area contributed by atoms with E-state index in [9.17, 15) is 4.79 Å². The Labute approximate surface area is 200 Å². The number of carbonyl (C=O) groups excluding carboxylic acids is 1. The minimum atomic E-state index is -0.0947. The Kier molecular flexibility index (Phi) is 8.69. The Balaban J connectivity index is 1.70. The lowest BCUT2D eigenvalue weighted by Gasteiger charge is -2.13. The van der Waals surface area contributed by atoms with Crippen LogP contribution in [0.15, 0.2) is 71.6 Å². The predicted octanol–water partition coefficient (Wildman–Crippen LogP) is 5.22. The lowest BCUT2D eigenvalue weighted by atomic mass is 10.00. The molecular formula is C27H32N4OS. The van der Waals surface area contributed by atoms with E-state index in [0.717, 1.165) is 40.3 Å². The molecule has 0 aliphatic carbocycles. The van der Waals surface area contributed by atoms with Crippen LogP contribution in [0.4, 0.5) is 11.4 Å². The molecule has 3 aromatic rings. The Hall–Kier alpha value is -3.09. The lowest BCUT2D eigenvalue weighted by Crippen LogP contribution is -2.16. The summed E-state index contributed by atoms with van der Waals surface area (Å²) in [7, 11) is 4.16. The van der Waals surface area contributed by atoms with E-state index < -0.39 is 0 Å². The number of amides is 1. The summed E-state index contributed by atoms with van der Waals surface area (Å²) in [6.07, 6.45) is 1.41. The first-order valence-electron chi connectivity index (χ1n) is 11.0. The van der Waals surface area contributed by atoms with Crippen LogP contribution in [0.3, 0.4) is 0 Å². The topological polar surface area (TPSA) is 82.2 Å². The van der Waals surface area contributed by atoms with Gasteiger partial charge in [0.25, 0.3) is 0 Å². The smallest absolute Gasteiger partial charge is 0.228 e. The molecule has 0 radical (unpaired) electrons. The van der Waals surface area contributed by atoms with Crippen molar-refractivity contribution in [1.29, 1.82) is 5.41 Å². The van der Waals surface area contributed by atoms with E-state index >= 15 is 0 Å². The molecule has 0 aliphatic heterocycles. The van der Waals surface area contributed by atoms with Crippen LogP contribution in [0.25, 0.3) is 0 Å². The summed E-state index contributed by atoms with van der Waals surface area (Å²) in [5, 5.41) is 11.7. The van der Waals surface area contributed by atoms with Crippen molar-refractivity contribution in [3.63, 3.8) is 0 Å². The molecule has 172 valence electrons. The molecule has 0 aromatic heterocycles. The normalized spacial score (nSPS) is 10.9. The monoisotopic (exact) mass is 460 g/mol. The van der Waals surface area contributed by atoms with Gasteiger partial charge in [0.2, 0.25) is 5.91 Å². The highest BCUT2D eigenvalue weighted by atomic mass is 32.2. The fourth-order valence-electron chi connectivity index (χ4n) is 3.50. The number of aryl methyl sites for hydroxylation is 1. The van der Waals surface area contributed by atoms with E-state index in [1.165, 1.54) is 0 Å². The van der Waals surface area contributed by atoms with Gasteiger partial charge < -0.3 is 16.0 Å². The Morgan fingerprint density at radius 3 is 2.61 bits per heavy atom. The number of nitrogens with zero attached hydrogens (tertiary/aromatic N) is 1. The predicted molar refractivity (Wildman–Crippen MR) is 141 cm³/mol. The third kappa shape index (κ3) is 7.20. The van der Waals surface area contributed by atoms with Crippen molar-refractivity contribution < 1.29 is 4.79 Å². The number of benzene rings is 3. The highest BCUT2D eigenvalue weighted by Gasteiger charge is 2.12. The summed E-state index contributed by atoms with van der Waals surface area (Å²) in [5.74, 6) is 0.933. The number of hydrogen-bond acceptors (Lipinski definition) is 5. The number of carbonyl (C=O) groups is 1. The summed E-state index contributed by atoms with van der Waals surface area (Å²) >= 11 is 1.80. The van der Waals surface area contributed by atoms with E-state index in [4.69, 9.17) is 11.1 Å².